The van der Waals surface area contributed by atoms with Crippen molar-refractivity contribution < 1.29 is 9.47 Å². The van der Waals surface area contributed by atoms with E-state index in [1.165, 1.54) is 6.42 Å². The van der Waals surface area contributed by atoms with Crippen LogP contribution in [0.5, 0.6) is 11.5 Å². The molecule has 1 aromatic carbocycles. The standard InChI is InChI=1S/C18H29NO2/c1-5-9-16-10-11-17(18(14-16)20-4)21-13-8-7-12-19-15(3)6-2/h5,9-11,14-15,19H,6-8,12-13H2,1-4H3/b9-5+/t15-/m1/s1. The van der Waals surface area contributed by atoms with Crippen molar-refractivity contribution in [1.29, 1.82) is 0 Å². The van der Waals surface area contributed by atoms with Crippen LogP contribution in [0.25, 0.3) is 6.08 Å². The highest BCUT2D eigenvalue weighted by Gasteiger charge is 2.04. The first-order valence-corrected chi connectivity index (χ1v) is 7.88. The number of rotatable bonds is 10. The van der Waals surface area contributed by atoms with Gasteiger partial charge in [0.05, 0.1) is 13.7 Å². The van der Waals surface area contributed by atoms with Crippen LogP contribution in [0.1, 0.15) is 45.6 Å². The summed E-state index contributed by atoms with van der Waals surface area (Å²) in [6.45, 7) is 8.19. The highest BCUT2D eigenvalue weighted by atomic mass is 16.5. The lowest BCUT2D eigenvalue weighted by Crippen LogP contribution is -2.26. The molecule has 0 bridgehead atoms. The maximum absolute atomic E-state index is 5.82. The number of hydrogen-bond acceptors (Lipinski definition) is 3. The predicted octanol–water partition coefficient (Wildman–Crippen LogP) is 4.28. The van der Waals surface area contributed by atoms with Gasteiger partial charge in [-0.05, 0) is 57.4 Å². The third-order valence-corrected chi connectivity index (χ3v) is 3.48. The Balaban J connectivity index is 2.34. The molecule has 1 aromatic rings. The molecule has 0 radical (unpaired) electrons. The van der Waals surface area contributed by atoms with E-state index in [1.807, 2.05) is 37.3 Å². The first-order valence-electron chi connectivity index (χ1n) is 7.88. The normalized spacial score (nSPS) is 12.6. The van der Waals surface area contributed by atoms with Crippen LogP contribution in [0.3, 0.4) is 0 Å². The molecule has 0 heterocycles. The molecule has 1 N–H and O–H groups in total. The molecule has 0 aliphatic heterocycles. The second-order valence-corrected chi connectivity index (χ2v) is 5.23. The van der Waals surface area contributed by atoms with Gasteiger partial charge in [0.25, 0.3) is 0 Å². The molecule has 3 heteroatoms. The molecule has 0 amide bonds. The SMILES string of the molecule is C/C=C/c1ccc(OCCCCN[C@H](C)CC)c(OC)c1. The molecule has 1 atom stereocenters. The zero-order valence-corrected chi connectivity index (χ0v) is 13.8. The number of unbranched alkanes of at least 4 members (excludes halogenated alkanes) is 1. The summed E-state index contributed by atoms with van der Waals surface area (Å²) in [6, 6.07) is 6.62. The van der Waals surface area contributed by atoms with Crippen molar-refractivity contribution in [3.05, 3.63) is 29.8 Å². The Hall–Kier alpha value is -1.48. The van der Waals surface area contributed by atoms with Gasteiger partial charge in [-0.1, -0.05) is 25.1 Å². The fourth-order valence-corrected chi connectivity index (χ4v) is 2.00. The number of ether oxygens (including phenoxy) is 2. The zero-order valence-electron chi connectivity index (χ0n) is 13.8. The number of nitrogens with one attached hydrogen (secondary N) is 1. The van der Waals surface area contributed by atoms with E-state index in [0.29, 0.717) is 6.04 Å². The van der Waals surface area contributed by atoms with Crippen LogP contribution in [0.4, 0.5) is 0 Å². The smallest absolute Gasteiger partial charge is 0.161 e. The van der Waals surface area contributed by atoms with Crippen molar-refractivity contribution in [2.45, 2.75) is 46.1 Å². The zero-order chi connectivity index (χ0) is 15.5. The average Bonchev–Trinajstić information content (AvgIpc) is 2.51. The molecule has 21 heavy (non-hydrogen) atoms. The van der Waals surface area contributed by atoms with Crippen LogP contribution in [-0.2, 0) is 0 Å². The van der Waals surface area contributed by atoms with Crippen LogP contribution >= 0.6 is 0 Å². The highest BCUT2D eigenvalue weighted by Crippen LogP contribution is 2.28. The quantitative estimate of drug-likeness (QED) is 0.653. The van der Waals surface area contributed by atoms with E-state index in [4.69, 9.17) is 9.47 Å². The van der Waals surface area contributed by atoms with Crippen LogP contribution < -0.4 is 14.8 Å². The lowest BCUT2D eigenvalue weighted by Gasteiger charge is -2.13. The van der Waals surface area contributed by atoms with E-state index >= 15 is 0 Å². The third kappa shape index (κ3) is 6.67. The molecular formula is C18H29NO2. The lowest BCUT2D eigenvalue weighted by molar-refractivity contribution is 0.285. The Morgan fingerprint density at radius 2 is 2.05 bits per heavy atom. The van der Waals surface area contributed by atoms with E-state index in [9.17, 15) is 0 Å². The predicted molar refractivity (Wildman–Crippen MR) is 90.2 cm³/mol. The number of hydrogen-bond donors (Lipinski definition) is 1. The second-order valence-electron chi connectivity index (χ2n) is 5.23. The van der Waals surface area contributed by atoms with Gasteiger partial charge in [0.15, 0.2) is 11.5 Å². The van der Waals surface area contributed by atoms with Crippen LogP contribution in [0, 0.1) is 0 Å². The molecule has 0 unspecified atom stereocenters. The summed E-state index contributed by atoms with van der Waals surface area (Å²) in [4.78, 5) is 0. The Morgan fingerprint density at radius 3 is 2.71 bits per heavy atom. The fraction of sp³-hybridized carbons (Fsp3) is 0.556. The lowest BCUT2D eigenvalue weighted by atomic mass is 10.2. The first-order chi connectivity index (χ1) is 10.2. The van der Waals surface area contributed by atoms with Gasteiger partial charge in [-0.2, -0.15) is 0 Å². The Morgan fingerprint density at radius 1 is 1.24 bits per heavy atom. The first kappa shape index (κ1) is 17.6. The molecule has 118 valence electrons. The van der Waals surface area contributed by atoms with E-state index in [2.05, 4.69) is 19.2 Å². The summed E-state index contributed by atoms with van der Waals surface area (Å²) in [6.07, 6.45) is 7.41. The molecule has 3 nitrogen and oxygen atoms in total. The van der Waals surface area contributed by atoms with Crippen molar-refractivity contribution in [2.24, 2.45) is 0 Å². The second kappa shape index (κ2) is 10.3. The van der Waals surface area contributed by atoms with Gasteiger partial charge in [0.1, 0.15) is 0 Å². The minimum Gasteiger partial charge on any atom is -0.493 e. The van der Waals surface area contributed by atoms with Gasteiger partial charge in [0.2, 0.25) is 0 Å². The van der Waals surface area contributed by atoms with E-state index in [0.717, 1.165) is 43.1 Å². The van der Waals surface area contributed by atoms with Gasteiger partial charge in [-0.25, -0.2) is 0 Å². The van der Waals surface area contributed by atoms with Gasteiger partial charge < -0.3 is 14.8 Å². The van der Waals surface area contributed by atoms with Gasteiger partial charge in [-0.3, -0.25) is 0 Å². The van der Waals surface area contributed by atoms with Crippen molar-refractivity contribution in [2.75, 3.05) is 20.3 Å². The monoisotopic (exact) mass is 291 g/mol. The maximum Gasteiger partial charge on any atom is 0.161 e. The largest absolute Gasteiger partial charge is 0.493 e. The van der Waals surface area contributed by atoms with Crippen LogP contribution in [-0.4, -0.2) is 26.3 Å². The van der Waals surface area contributed by atoms with Crippen molar-refractivity contribution in [3.8, 4) is 11.5 Å². The van der Waals surface area contributed by atoms with Crippen molar-refractivity contribution in [1.82, 2.24) is 5.32 Å². The summed E-state index contributed by atoms with van der Waals surface area (Å²) in [7, 11) is 1.68. The third-order valence-electron chi connectivity index (χ3n) is 3.48. The molecule has 0 aromatic heterocycles. The van der Waals surface area contributed by atoms with Crippen molar-refractivity contribution in [3.63, 3.8) is 0 Å². The number of allylic oxidation sites excluding steroid dienone is 1. The summed E-state index contributed by atoms with van der Waals surface area (Å²) < 4.78 is 11.2. The molecule has 0 saturated carbocycles. The Kier molecular flexibility index (Phi) is 8.60. The molecule has 1 rings (SSSR count). The topological polar surface area (TPSA) is 30.5 Å². The highest BCUT2D eigenvalue weighted by molar-refractivity contribution is 5.55. The minimum absolute atomic E-state index is 0.602. The molecule has 0 fully saturated rings. The van der Waals surface area contributed by atoms with Gasteiger partial charge >= 0.3 is 0 Å². The van der Waals surface area contributed by atoms with Crippen LogP contribution in [0.2, 0.25) is 0 Å². The van der Waals surface area contributed by atoms with Gasteiger partial charge in [0, 0.05) is 6.04 Å². The molecular weight excluding hydrogens is 262 g/mol. The Bertz CT molecular complexity index is 429. The molecule has 0 aliphatic rings. The summed E-state index contributed by atoms with van der Waals surface area (Å²) in [5.74, 6) is 1.61. The van der Waals surface area contributed by atoms with Crippen molar-refractivity contribution >= 4 is 6.08 Å². The summed E-state index contributed by atoms with van der Waals surface area (Å²) in [5.41, 5.74) is 1.12. The maximum atomic E-state index is 5.82. The minimum atomic E-state index is 0.602. The fourth-order valence-electron chi connectivity index (χ4n) is 2.00. The van der Waals surface area contributed by atoms with Crippen LogP contribution in [0.15, 0.2) is 24.3 Å². The summed E-state index contributed by atoms with van der Waals surface area (Å²) in [5, 5.41) is 3.49. The van der Waals surface area contributed by atoms with E-state index in [1.54, 1.807) is 7.11 Å². The molecule has 0 aliphatic carbocycles. The number of methoxy groups -OCH3 is 1. The molecule has 0 saturated heterocycles. The molecule has 0 spiro atoms. The van der Waals surface area contributed by atoms with Gasteiger partial charge in [-0.15, -0.1) is 0 Å². The Labute approximate surface area is 129 Å². The average molecular weight is 291 g/mol. The summed E-state index contributed by atoms with van der Waals surface area (Å²) >= 11 is 0. The van der Waals surface area contributed by atoms with E-state index in [-0.39, 0.29) is 0 Å². The number of benzene rings is 1. The van der Waals surface area contributed by atoms with E-state index < -0.39 is 0 Å².